The van der Waals surface area contributed by atoms with E-state index in [1.54, 1.807) is 0 Å². The maximum Gasteiger partial charge on any atom is 0.137 e. The van der Waals surface area contributed by atoms with Crippen molar-refractivity contribution in [2.24, 2.45) is 0 Å². The number of fused-ring (bicyclic) bond motifs is 4. The highest BCUT2D eigenvalue weighted by Gasteiger charge is 2.32. The van der Waals surface area contributed by atoms with Crippen LogP contribution in [0, 0.1) is 0 Å². The molecular weight excluding hydrogens is 865 g/mol. The molecule has 0 fully saturated rings. The largest absolute Gasteiger partial charge is 0.457 e. The number of hydrogen-bond acceptors (Lipinski definition) is 4. The molecule has 0 N–H and O–H groups in total. The summed E-state index contributed by atoms with van der Waals surface area (Å²) in [5, 5.41) is 2.27. The van der Waals surface area contributed by atoms with Crippen LogP contribution in [-0.2, 0) is 16.2 Å². The Hall–Kier alpha value is -7.89. The Balaban J connectivity index is 1.00. The van der Waals surface area contributed by atoms with Crippen molar-refractivity contribution >= 4 is 44.6 Å². The third-order valence-electron chi connectivity index (χ3n) is 14.0. The van der Waals surface area contributed by atoms with Crippen molar-refractivity contribution in [3.05, 3.63) is 217 Å². The average molecular weight is 930 g/mol. The Bertz CT molecular complexity index is 3760. The van der Waals surface area contributed by atoms with E-state index in [-0.39, 0.29) is 34.4 Å². The van der Waals surface area contributed by atoms with Crippen LogP contribution in [0.15, 0.2) is 200 Å². The predicted octanol–water partition coefficient (Wildman–Crippen LogP) is 18.1. The molecule has 3 heterocycles. The predicted molar refractivity (Wildman–Crippen MR) is 300 cm³/mol. The summed E-state index contributed by atoms with van der Waals surface area (Å²) in [6.07, 6.45) is 1.90. The van der Waals surface area contributed by atoms with Gasteiger partial charge < -0.3 is 14.5 Å². The molecule has 71 heavy (non-hydrogen) atoms. The Labute approximate surface area is 423 Å². The van der Waals surface area contributed by atoms with Crippen molar-refractivity contribution in [1.82, 2.24) is 9.55 Å². The number of anilines is 4. The third kappa shape index (κ3) is 8.65. The highest BCUT2D eigenvalue weighted by atomic mass is 16.5. The van der Waals surface area contributed by atoms with Crippen LogP contribution >= 0.6 is 0 Å². The summed E-state index contributed by atoms with van der Waals surface area (Å²) in [5.74, 6) is 2.25. The lowest BCUT2D eigenvalue weighted by Gasteiger charge is -2.27. The van der Waals surface area contributed by atoms with E-state index < -0.39 is 0 Å². The van der Waals surface area contributed by atoms with Crippen LogP contribution < -0.4 is 14.5 Å². The van der Waals surface area contributed by atoms with Gasteiger partial charge in [0.25, 0.3) is 0 Å². The summed E-state index contributed by atoms with van der Waals surface area (Å²) in [4.78, 5) is 9.38. The molecular formula is C66H62N4O. The quantitative estimate of drug-likeness (QED) is 0.152. The Kier molecular flexibility index (Phi) is 10.4. The molecule has 0 aliphatic carbocycles. The van der Waals surface area contributed by atoms with Gasteiger partial charge in [-0.1, -0.05) is 190 Å². The molecule has 0 amide bonds. The van der Waals surface area contributed by atoms with E-state index in [0.717, 1.165) is 72.6 Å². The fourth-order valence-corrected chi connectivity index (χ4v) is 9.96. The molecule has 2 aromatic heterocycles. The van der Waals surface area contributed by atoms with Crippen LogP contribution in [0.1, 0.15) is 83.1 Å². The summed E-state index contributed by atoms with van der Waals surface area (Å²) in [7, 11) is 0. The van der Waals surface area contributed by atoms with Crippen LogP contribution in [-0.4, -0.2) is 16.2 Å². The minimum Gasteiger partial charge on any atom is -0.457 e. The van der Waals surface area contributed by atoms with Gasteiger partial charge in [0.05, 0.1) is 32.2 Å². The van der Waals surface area contributed by atoms with E-state index in [1.165, 1.54) is 16.7 Å². The molecule has 0 atom stereocenters. The molecule has 1 aliphatic heterocycles. The number of aromatic nitrogens is 2. The zero-order valence-corrected chi connectivity index (χ0v) is 42.2. The standard InChI is InChI=1S/C66H62N4O/c1-64(2,3)48-32-28-45(29-33-48)44-24-26-46(27-25-44)54-19-15-20-55(47-30-34-49(35-31-47)65(4,5)6)63(54)69-43-68(59-22-12-13-23-60(59)69)51-16-14-17-52(41-51)71-53-36-37-57-56-18-10-11-21-58(56)70(61(57)42-53)62-40-50(38-39-67-62)66(7,8)9/h10-42H,43H2,1-9H3/i15D,19D,20D. The van der Waals surface area contributed by atoms with Crippen molar-refractivity contribution in [2.45, 2.75) is 78.6 Å². The number of pyridine rings is 1. The summed E-state index contributed by atoms with van der Waals surface area (Å²) >= 11 is 0. The Morgan fingerprint density at radius 2 is 1.00 bits per heavy atom. The molecule has 11 rings (SSSR count). The Morgan fingerprint density at radius 3 is 1.63 bits per heavy atom. The summed E-state index contributed by atoms with van der Waals surface area (Å²) in [5.41, 5.74) is 14.2. The third-order valence-corrected chi connectivity index (χ3v) is 14.0. The van der Waals surface area contributed by atoms with Crippen LogP contribution in [0.25, 0.3) is 61.0 Å². The average Bonchev–Trinajstić information content (AvgIpc) is 3.94. The van der Waals surface area contributed by atoms with E-state index in [9.17, 15) is 4.11 Å². The van der Waals surface area contributed by atoms with Crippen molar-refractivity contribution in [1.29, 1.82) is 0 Å². The van der Waals surface area contributed by atoms with Crippen LogP contribution in [0.4, 0.5) is 22.7 Å². The first-order valence-corrected chi connectivity index (χ1v) is 24.7. The van der Waals surface area contributed by atoms with Gasteiger partial charge >= 0.3 is 0 Å². The van der Waals surface area contributed by atoms with Gasteiger partial charge in [0.1, 0.15) is 24.0 Å². The van der Waals surface area contributed by atoms with Gasteiger partial charge in [-0.2, -0.15) is 0 Å². The van der Waals surface area contributed by atoms with Gasteiger partial charge in [-0.05, 0) is 110 Å². The first kappa shape index (κ1) is 42.0. The monoisotopic (exact) mass is 930 g/mol. The smallest absolute Gasteiger partial charge is 0.137 e. The normalized spacial score (nSPS) is 13.6. The molecule has 0 radical (unpaired) electrons. The van der Waals surface area contributed by atoms with Gasteiger partial charge in [-0.25, -0.2) is 4.98 Å². The summed E-state index contributed by atoms with van der Waals surface area (Å²) in [6.45, 7) is 20.3. The summed E-state index contributed by atoms with van der Waals surface area (Å²) in [6, 6.07) is 61.0. The van der Waals surface area contributed by atoms with Gasteiger partial charge in [0, 0.05) is 45.9 Å². The lowest BCUT2D eigenvalue weighted by atomic mass is 9.85. The number of hydrogen-bond donors (Lipinski definition) is 0. The molecule has 8 aromatic carbocycles. The van der Waals surface area contributed by atoms with Crippen molar-refractivity contribution in [3.8, 4) is 50.7 Å². The van der Waals surface area contributed by atoms with Gasteiger partial charge in [0.2, 0.25) is 0 Å². The molecule has 0 unspecified atom stereocenters. The van der Waals surface area contributed by atoms with E-state index in [1.807, 2.05) is 30.5 Å². The second-order valence-corrected chi connectivity index (χ2v) is 22.0. The van der Waals surface area contributed by atoms with E-state index in [2.05, 4.69) is 228 Å². The minimum atomic E-state index is -0.108. The van der Waals surface area contributed by atoms with E-state index >= 15 is 0 Å². The highest BCUT2D eigenvalue weighted by Crippen LogP contribution is 2.51. The second kappa shape index (κ2) is 17.5. The first-order chi connectivity index (χ1) is 35.3. The molecule has 0 saturated heterocycles. The van der Waals surface area contributed by atoms with Crippen LogP contribution in [0.5, 0.6) is 11.5 Å². The fraction of sp³-hybridized carbons (Fsp3) is 0.197. The molecule has 5 nitrogen and oxygen atoms in total. The molecule has 1 aliphatic rings. The number of rotatable bonds is 8. The number of para-hydroxylation sites is 4. The van der Waals surface area contributed by atoms with Gasteiger partial charge in [-0.15, -0.1) is 0 Å². The van der Waals surface area contributed by atoms with E-state index in [0.29, 0.717) is 29.3 Å². The zero-order chi connectivity index (χ0) is 51.8. The molecule has 10 aromatic rings. The van der Waals surface area contributed by atoms with Gasteiger partial charge in [0.15, 0.2) is 0 Å². The number of ether oxygens (including phenoxy) is 1. The highest BCUT2D eigenvalue weighted by molar-refractivity contribution is 6.09. The molecule has 0 spiro atoms. The second-order valence-electron chi connectivity index (χ2n) is 22.0. The molecule has 352 valence electrons. The molecule has 0 bridgehead atoms. The lowest BCUT2D eigenvalue weighted by Crippen LogP contribution is -2.25. The zero-order valence-electron chi connectivity index (χ0n) is 45.2. The van der Waals surface area contributed by atoms with E-state index in [4.69, 9.17) is 9.72 Å². The fourth-order valence-electron chi connectivity index (χ4n) is 9.96. The van der Waals surface area contributed by atoms with Crippen LogP contribution in [0.2, 0.25) is 0 Å². The molecule has 0 saturated carbocycles. The van der Waals surface area contributed by atoms with Crippen molar-refractivity contribution in [2.75, 3.05) is 16.5 Å². The summed E-state index contributed by atoms with van der Waals surface area (Å²) < 4.78 is 37.7. The number of nitrogens with zero attached hydrogens (tertiary/aromatic N) is 4. The SMILES string of the molecule is [2H]c1c([2H])c(-c2ccc(-c3ccc(C(C)(C)C)cc3)cc2)c(N2CN(c3cccc(Oc4ccc5c6ccccc6n(-c6cc(C(C)(C)C)ccn6)c5c4)c3)c3ccccc32)c(-c2ccc(C(C)(C)C)cc2)c1[2H]. The van der Waals surface area contributed by atoms with Crippen LogP contribution in [0.3, 0.4) is 0 Å². The van der Waals surface area contributed by atoms with Crippen molar-refractivity contribution in [3.63, 3.8) is 0 Å². The maximum atomic E-state index is 9.70. The minimum absolute atomic E-state index is 0.0161. The first-order valence-electron chi connectivity index (χ1n) is 26.2. The number of benzene rings is 8. The topological polar surface area (TPSA) is 33.5 Å². The maximum absolute atomic E-state index is 9.70. The Morgan fingerprint density at radius 1 is 0.465 bits per heavy atom. The lowest BCUT2D eigenvalue weighted by molar-refractivity contribution is 0.483. The van der Waals surface area contributed by atoms with Crippen molar-refractivity contribution < 1.29 is 8.85 Å². The van der Waals surface area contributed by atoms with Gasteiger partial charge in [-0.3, -0.25) is 4.57 Å². The molecule has 5 heteroatoms.